The molecule has 0 unspecified atom stereocenters. The Kier molecular flexibility index (Phi) is 7.57. The van der Waals surface area contributed by atoms with Gasteiger partial charge in [0.05, 0.1) is 0 Å². The minimum absolute atomic E-state index is 0. The molecule has 0 aliphatic carbocycles. The van der Waals surface area contributed by atoms with Gasteiger partial charge in [-0.25, -0.2) is 0 Å². The zero-order valence-corrected chi connectivity index (χ0v) is 13.7. The van der Waals surface area contributed by atoms with E-state index >= 15 is 0 Å². The molecule has 0 saturated carbocycles. The van der Waals surface area contributed by atoms with Crippen LogP contribution in [0.5, 0.6) is 0 Å². The van der Waals surface area contributed by atoms with E-state index in [1.165, 1.54) is 43.5 Å². The van der Waals surface area contributed by atoms with Gasteiger partial charge in [-0.05, 0) is 61.9 Å². The van der Waals surface area contributed by atoms with E-state index in [9.17, 15) is 0 Å². The Morgan fingerprint density at radius 3 is 2.15 bits per heavy atom. The number of nitrogens with zero attached hydrogens (tertiary/aromatic N) is 1. The highest BCUT2D eigenvalue weighted by molar-refractivity contribution is 5.85. The van der Waals surface area contributed by atoms with E-state index in [1.807, 2.05) is 0 Å². The molecule has 2 rings (SSSR count). The van der Waals surface area contributed by atoms with Crippen LogP contribution in [0.15, 0.2) is 24.3 Å². The summed E-state index contributed by atoms with van der Waals surface area (Å²) in [6, 6.07) is 9.18. The predicted molar refractivity (Wildman–Crippen MR) is 89.3 cm³/mol. The molecule has 0 bridgehead atoms. The van der Waals surface area contributed by atoms with Crippen LogP contribution < -0.4 is 5.73 Å². The monoisotopic (exact) mass is 296 g/mol. The van der Waals surface area contributed by atoms with Crippen molar-refractivity contribution >= 4 is 12.4 Å². The number of halogens is 1. The van der Waals surface area contributed by atoms with Crippen LogP contribution in [0.3, 0.4) is 0 Å². The normalized spacial score (nSPS) is 17.2. The summed E-state index contributed by atoms with van der Waals surface area (Å²) in [5.41, 5.74) is 8.64. The molecule has 0 amide bonds. The largest absolute Gasteiger partial charge is 0.330 e. The van der Waals surface area contributed by atoms with E-state index in [0.29, 0.717) is 0 Å². The van der Waals surface area contributed by atoms with Gasteiger partial charge < -0.3 is 5.73 Å². The van der Waals surface area contributed by atoms with Gasteiger partial charge in [-0.15, -0.1) is 12.4 Å². The number of benzene rings is 1. The van der Waals surface area contributed by atoms with Crippen LogP contribution in [-0.4, -0.2) is 24.5 Å². The van der Waals surface area contributed by atoms with Crippen LogP contribution in [-0.2, 0) is 13.0 Å². The van der Waals surface area contributed by atoms with Crippen molar-refractivity contribution in [2.75, 3.05) is 19.6 Å². The first kappa shape index (κ1) is 17.5. The maximum atomic E-state index is 5.74. The lowest BCUT2D eigenvalue weighted by atomic mass is 9.96. The van der Waals surface area contributed by atoms with Crippen LogP contribution in [0.4, 0.5) is 0 Å². The molecule has 1 aliphatic heterocycles. The highest BCUT2D eigenvalue weighted by atomic mass is 35.5. The average molecular weight is 297 g/mol. The first-order valence-electron chi connectivity index (χ1n) is 7.67. The third-order valence-corrected chi connectivity index (χ3v) is 4.11. The molecule has 2 nitrogen and oxygen atoms in total. The van der Waals surface area contributed by atoms with E-state index in [1.54, 1.807) is 0 Å². The molecule has 114 valence electrons. The molecule has 0 atom stereocenters. The molecular formula is C17H29ClN2. The second-order valence-corrected chi connectivity index (χ2v) is 6.37. The van der Waals surface area contributed by atoms with Gasteiger partial charge in [0.15, 0.2) is 0 Å². The number of piperidine rings is 1. The Morgan fingerprint density at radius 1 is 1.10 bits per heavy atom. The van der Waals surface area contributed by atoms with Crippen LogP contribution in [0.2, 0.25) is 0 Å². The van der Waals surface area contributed by atoms with Gasteiger partial charge in [0.2, 0.25) is 0 Å². The number of rotatable bonds is 5. The Hall–Kier alpha value is -0.570. The van der Waals surface area contributed by atoms with Gasteiger partial charge in [0.1, 0.15) is 0 Å². The maximum Gasteiger partial charge on any atom is 0.0233 e. The molecule has 2 N–H and O–H groups in total. The molecule has 20 heavy (non-hydrogen) atoms. The second-order valence-electron chi connectivity index (χ2n) is 6.37. The first-order valence-corrected chi connectivity index (χ1v) is 7.67. The quantitative estimate of drug-likeness (QED) is 0.901. The fraction of sp³-hybridized carbons (Fsp3) is 0.647. The summed E-state index contributed by atoms with van der Waals surface area (Å²) in [4.78, 5) is 2.56. The molecule has 0 radical (unpaired) electrons. The van der Waals surface area contributed by atoms with Crippen molar-refractivity contribution in [1.82, 2.24) is 4.90 Å². The lowest BCUT2D eigenvalue weighted by Gasteiger charge is -2.31. The molecule has 1 heterocycles. The van der Waals surface area contributed by atoms with Gasteiger partial charge in [-0.1, -0.05) is 38.1 Å². The van der Waals surface area contributed by atoms with Gasteiger partial charge in [0, 0.05) is 6.54 Å². The predicted octanol–water partition coefficient (Wildman–Crippen LogP) is 3.48. The maximum absolute atomic E-state index is 5.74. The van der Waals surface area contributed by atoms with Crippen molar-refractivity contribution in [1.29, 1.82) is 0 Å². The Morgan fingerprint density at radius 2 is 1.65 bits per heavy atom. The summed E-state index contributed by atoms with van der Waals surface area (Å²) in [5, 5.41) is 0. The summed E-state index contributed by atoms with van der Waals surface area (Å²) in [5.74, 6) is 1.49. The van der Waals surface area contributed by atoms with Crippen molar-refractivity contribution in [3.63, 3.8) is 0 Å². The Balaban J connectivity index is 0.00000200. The Bertz CT molecular complexity index is 367. The van der Waals surface area contributed by atoms with E-state index in [0.717, 1.165) is 24.9 Å². The van der Waals surface area contributed by atoms with Crippen LogP contribution in [0.1, 0.15) is 37.8 Å². The molecule has 1 aliphatic rings. The van der Waals surface area contributed by atoms with Gasteiger partial charge >= 0.3 is 0 Å². The number of hydrogen-bond donors (Lipinski definition) is 1. The molecule has 1 saturated heterocycles. The molecule has 1 aromatic carbocycles. The van der Waals surface area contributed by atoms with Crippen LogP contribution >= 0.6 is 12.4 Å². The SMILES string of the molecule is CC(C)Cc1ccc(CN2CCC(CN)CC2)cc1.Cl. The highest BCUT2D eigenvalue weighted by Crippen LogP contribution is 2.18. The number of hydrogen-bond acceptors (Lipinski definition) is 2. The smallest absolute Gasteiger partial charge is 0.0233 e. The third kappa shape index (κ3) is 5.43. The standard InChI is InChI=1S/C17H28N2.ClH/c1-14(2)11-15-3-5-17(6-4-15)13-19-9-7-16(12-18)8-10-19;/h3-6,14,16H,7-13,18H2,1-2H3;1H. The van der Waals surface area contributed by atoms with Crippen LogP contribution in [0, 0.1) is 11.8 Å². The molecule has 0 aromatic heterocycles. The molecule has 1 aromatic rings. The van der Waals surface area contributed by atoms with Crippen molar-refractivity contribution < 1.29 is 0 Å². The molecule has 0 spiro atoms. The molecular weight excluding hydrogens is 268 g/mol. The minimum Gasteiger partial charge on any atom is -0.330 e. The fourth-order valence-electron chi connectivity index (χ4n) is 2.89. The van der Waals surface area contributed by atoms with E-state index < -0.39 is 0 Å². The molecule has 1 fully saturated rings. The number of likely N-dealkylation sites (tertiary alicyclic amines) is 1. The first-order chi connectivity index (χ1) is 9.17. The third-order valence-electron chi connectivity index (χ3n) is 4.11. The van der Waals surface area contributed by atoms with E-state index in [4.69, 9.17) is 5.73 Å². The van der Waals surface area contributed by atoms with Gasteiger partial charge in [-0.3, -0.25) is 4.90 Å². The zero-order valence-electron chi connectivity index (χ0n) is 12.8. The van der Waals surface area contributed by atoms with E-state index in [2.05, 4.69) is 43.0 Å². The summed E-state index contributed by atoms with van der Waals surface area (Å²) >= 11 is 0. The minimum atomic E-state index is 0. The zero-order chi connectivity index (χ0) is 13.7. The lowest BCUT2D eigenvalue weighted by molar-refractivity contribution is 0.180. The van der Waals surface area contributed by atoms with Crippen molar-refractivity contribution in [2.45, 2.75) is 39.7 Å². The van der Waals surface area contributed by atoms with Crippen molar-refractivity contribution in [3.05, 3.63) is 35.4 Å². The highest BCUT2D eigenvalue weighted by Gasteiger charge is 2.17. The lowest BCUT2D eigenvalue weighted by Crippen LogP contribution is -2.35. The second kappa shape index (κ2) is 8.66. The molecule has 3 heteroatoms. The van der Waals surface area contributed by atoms with Crippen LogP contribution in [0.25, 0.3) is 0 Å². The van der Waals surface area contributed by atoms with Gasteiger partial charge in [0.25, 0.3) is 0 Å². The van der Waals surface area contributed by atoms with Crippen molar-refractivity contribution in [2.24, 2.45) is 17.6 Å². The summed E-state index contributed by atoms with van der Waals surface area (Å²) < 4.78 is 0. The summed E-state index contributed by atoms with van der Waals surface area (Å²) in [6.07, 6.45) is 3.71. The van der Waals surface area contributed by atoms with Crippen molar-refractivity contribution in [3.8, 4) is 0 Å². The van der Waals surface area contributed by atoms with E-state index in [-0.39, 0.29) is 12.4 Å². The number of nitrogens with two attached hydrogens (primary N) is 1. The average Bonchev–Trinajstić information content (AvgIpc) is 2.41. The summed E-state index contributed by atoms with van der Waals surface area (Å²) in [6.45, 7) is 8.91. The Labute approximate surface area is 130 Å². The summed E-state index contributed by atoms with van der Waals surface area (Å²) in [7, 11) is 0. The van der Waals surface area contributed by atoms with Gasteiger partial charge in [-0.2, -0.15) is 0 Å². The fourth-order valence-corrected chi connectivity index (χ4v) is 2.89. The topological polar surface area (TPSA) is 29.3 Å².